The molecule has 0 radical (unpaired) electrons. The first-order chi connectivity index (χ1) is 16.1. The highest BCUT2D eigenvalue weighted by atomic mass is 35.5. The van der Waals surface area contributed by atoms with Crippen molar-refractivity contribution in [1.29, 1.82) is 0 Å². The number of hydrogen-bond donors (Lipinski definition) is 0. The van der Waals surface area contributed by atoms with Crippen molar-refractivity contribution in [1.82, 2.24) is 4.90 Å². The Kier molecular flexibility index (Phi) is 10.4. The Morgan fingerprint density at radius 2 is 1.65 bits per heavy atom. The standard InChI is InChI=1S/C29H49N3O.ClH/c1-5-16-30-18-20-31(21-19-30)28-11-10-25(32-17-8-9-26(32)23-33-4)22-27(28)24-12-14-29(6-2,7-3)15-13-24;/h10-11,22,24,26H,5-9,12-21,23H2,1-4H3;1H. The van der Waals surface area contributed by atoms with Crippen molar-refractivity contribution in [3.05, 3.63) is 23.8 Å². The second kappa shape index (κ2) is 12.8. The van der Waals surface area contributed by atoms with Gasteiger partial charge in [-0.05, 0) is 86.6 Å². The summed E-state index contributed by atoms with van der Waals surface area (Å²) in [7, 11) is 1.85. The first-order valence-corrected chi connectivity index (χ1v) is 14.0. The molecule has 0 bridgehead atoms. The Labute approximate surface area is 215 Å². The van der Waals surface area contributed by atoms with Crippen LogP contribution in [-0.4, -0.2) is 63.9 Å². The summed E-state index contributed by atoms with van der Waals surface area (Å²) in [4.78, 5) is 7.96. The van der Waals surface area contributed by atoms with Crippen LogP contribution in [0.1, 0.15) is 90.0 Å². The molecule has 194 valence electrons. The molecule has 3 fully saturated rings. The van der Waals surface area contributed by atoms with Crippen molar-refractivity contribution in [2.24, 2.45) is 5.41 Å². The molecule has 2 aliphatic heterocycles. The zero-order valence-electron chi connectivity index (χ0n) is 22.4. The van der Waals surface area contributed by atoms with E-state index in [9.17, 15) is 0 Å². The van der Waals surface area contributed by atoms with Gasteiger partial charge in [-0.3, -0.25) is 4.90 Å². The van der Waals surface area contributed by atoms with Crippen molar-refractivity contribution >= 4 is 23.8 Å². The summed E-state index contributed by atoms with van der Waals surface area (Å²) >= 11 is 0. The van der Waals surface area contributed by atoms with Crippen LogP contribution in [0, 0.1) is 5.41 Å². The second-order valence-corrected chi connectivity index (χ2v) is 11.0. The molecular formula is C29H50ClN3O. The van der Waals surface area contributed by atoms with Gasteiger partial charge < -0.3 is 14.5 Å². The number of rotatable bonds is 9. The van der Waals surface area contributed by atoms with E-state index in [0.717, 1.165) is 6.61 Å². The molecule has 2 saturated heterocycles. The summed E-state index contributed by atoms with van der Waals surface area (Å²) < 4.78 is 5.57. The SMILES string of the molecule is CCCN1CCN(c2ccc(N3CCCC3COC)cc2C2CCC(CC)(CC)CC2)CC1.Cl. The topological polar surface area (TPSA) is 19.0 Å². The summed E-state index contributed by atoms with van der Waals surface area (Å²) in [5.41, 5.74) is 5.20. The Morgan fingerprint density at radius 3 is 2.26 bits per heavy atom. The molecule has 1 aromatic rings. The van der Waals surface area contributed by atoms with E-state index in [0.29, 0.717) is 17.4 Å². The molecule has 1 atom stereocenters. The van der Waals surface area contributed by atoms with E-state index in [1.807, 2.05) is 7.11 Å². The predicted octanol–water partition coefficient (Wildman–Crippen LogP) is 6.72. The van der Waals surface area contributed by atoms with Gasteiger partial charge in [-0.2, -0.15) is 0 Å². The molecule has 2 heterocycles. The third-order valence-electron chi connectivity index (χ3n) is 9.32. The highest BCUT2D eigenvalue weighted by Gasteiger charge is 2.35. The van der Waals surface area contributed by atoms with Crippen molar-refractivity contribution in [3.8, 4) is 0 Å². The molecule has 0 spiro atoms. The molecule has 1 unspecified atom stereocenters. The molecule has 0 N–H and O–H groups in total. The number of halogens is 1. The Bertz CT molecular complexity index is 735. The number of benzene rings is 1. The molecule has 1 aliphatic carbocycles. The molecule has 0 aromatic heterocycles. The number of nitrogens with zero attached hydrogens (tertiary/aromatic N) is 3. The lowest BCUT2D eigenvalue weighted by molar-refractivity contribution is 0.159. The number of piperazine rings is 1. The van der Waals surface area contributed by atoms with E-state index in [4.69, 9.17) is 4.74 Å². The first-order valence-electron chi connectivity index (χ1n) is 14.0. The maximum atomic E-state index is 5.57. The maximum Gasteiger partial charge on any atom is 0.0666 e. The quantitative estimate of drug-likeness (QED) is 0.381. The number of anilines is 2. The van der Waals surface area contributed by atoms with Gasteiger partial charge in [-0.15, -0.1) is 12.4 Å². The minimum absolute atomic E-state index is 0. The molecular weight excluding hydrogens is 442 g/mol. The lowest BCUT2D eigenvalue weighted by Crippen LogP contribution is -2.47. The third-order valence-corrected chi connectivity index (χ3v) is 9.32. The van der Waals surface area contributed by atoms with Crippen molar-refractivity contribution in [2.45, 2.75) is 90.5 Å². The number of hydrogen-bond acceptors (Lipinski definition) is 4. The fraction of sp³-hybridized carbons (Fsp3) is 0.793. The van der Waals surface area contributed by atoms with Crippen LogP contribution in [0.2, 0.25) is 0 Å². The minimum Gasteiger partial charge on any atom is -0.383 e. The molecule has 4 rings (SSSR count). The van der Waals surface area contributed by atoms with Crippen LogP contribution >= 0.6 is 12.4 Å². The molecule has 34 heavy (non-hydrogen) atoms. The Hall–Kier alpha value is -0.970. The normalized spacial score (nSPS) is 23.8. The Balaban J connectivity index is 0.00000324. The van der Waals surface area contributed by atoms with Crippen molar-refractivity contribution in [2.75, 3.05) is 62.8 Å². The first kappa shape index (κ1) is 27.6. The van der Waals surface area contributed by atoms with Gasteiger partial charge in [-0.1, -0.05) is 33.6 Å². The fourth-order valence-corrected chi connectivity index (χ4v) is 6.90. The van der Waals surface area contributed by atoms with Crippen LogP contribution in [0.15, 0.2) is 18.2 Å². The maximum absolute atomic E-state index is 5.57. The van der Waals surface area contributed by atoms with Crippen LogP contribution in [0.5, 0.6) is 0 Å². The Morgan fingerprint density at radius 1 is 0.941 bits per heavy atom. The lowest BCUT2D eigenvalue weighted by atomic mass is 9.66. The van der Waals surface area contributed by atoms with E-state index in [-0.39, 0.29) is 12.4 Å². The molecule has 0 amide bonds. The largest absolute Gasteiger partial charge is 0.383 e. The molecule has 4 nitrogen and oxygen atoms in total. The summed E-state index contributed by atoms with van der Waals surface area (Å²) in [5.74, 6) is 0.711. The lowest BCUT2D eigenvalue weighted by Gasteiger charge is -2.42. The number of ether oxygens (including phenoxy) is 1. The summed E-state index contributed by atoms with van der Waals surface area (Å²) in [5, 5.41) is 0. The van der Waals surface area contributed by atoms with Crippen LogP contribution < -0.4 is 9.80 Å². The predicted molar refractivity (Wildman–Crippen MR) is 149 cm³/mol. The monoisotopic (exact) mass is 491 g/mol. The van der Waals surface area contributed by atoms with Crippen LogP contribution in [-0.2, 0) is 4.74 Å². The molecule has 1 aromatic carbocycles. The second-order valence-electron chi connectivity index (χ2n) is 11.0. The van der Waals surface area contributed by atoms with Gasteiger partial charge >= 0.3 is 0 Å². The summed E-state index contributed by atoms with van der Waals surface area (Å²) in [6.45, 7) is 15.1. The van der Waals surface area contributed by atoms with Gasteiger partial charge in [0.1, 0.15) is 0 Å². The van der Waals surface area contributed by atoms with E-state index < -0.39 is 0 Å². The number of methoxy groups -OCH3 is 1. The van der Waals surface area contributed by atoms with E-state index in [1.54, 1.807) is 5.56 Å². The average molecular weight is 492 g/mol. The minimum atomic E-state index is 0. The van der Waals surface area contributed by atoms with E-state index in [1.165, 1.54) is 108 Å². The summed E-state index contributed by atoms with van der Waals surface area (Å²) in [6, 6.07) is 8.02. The van der Waals surface area contributed by atoms with Crippen LogP contribution in [0.3, 0.4) is 0 Å². The zero-order valence-corrected chi connectivity index (χ0v) is 23.2. The van der Waals surface area contributed by atoms with Crippen LogP contribution in [0.4, 0.5) is 11.4 Å². The fourth-order valence-electron chi connectivity index (χ4n) is 6.90. The van der Waals surface area contributed by atoms with Crippen molar-refractivity contribution < 1.29 is 4.74 Å². The van der Waals surface area contributed by atoms with Gasteiger partial charge in [-0.25, -0.2) is 0 Å². The smallest absolute Gasteiger partial charge is 0.0666 e. The van der Waals surface area contributed by atoms with Crippen molar-refractivity contribution in [3.63, 3.8) is 0 Å². The van der Waals surface area contributed by atoms with E-state index in [2.05, 4.69) is 53.7 Å². The van der Waals surface area contributed by atoms with Gasteiger partial charge in [0.05, 0.1) is 12.6 Å². The molecule has 1 saturated carbocycles. The van der Waals surface area contributed by atoms with Crippen LogP contribution in [0.25, 0.3) is 0 Å². The van der Waals surface area contributed by atoms with Gasteiger partial charge in [0, 0.05) is 51.2 Å². The summed E-state index contributed by atoms with van der Waals surface area (Å²) in [6.07, 6.45) is 12.0. The van der Waals surface area contributed by atoms with E-state index >= 15 is 0 Å². The van der Waals surface area contributed by atoms with Gasteiger partial charge in [0.2, 0.25) is 0 Å². The van der Waals surface area contributed by atoms with Gasteiger partial charge in [0.25, 0.3) is 0 Å². The van der Waals surface area contributed by atoms with Gasteiger partial charge in [0.15, 0.2) is 0 Å². The molecule has 5 heteroatoms. The third kappa shape index (κ3) is 6.05. The average Bonchev–Trinajstić information content (AvgIpc) is 3.33. The molecule has 3 aliphatic rings. The highest BCUT2D eigenvalue weighted by Crippen LogP contribution is 2.49. The zero-order chi connectivity index (χ0) is 23.3. The highest BCUT2D eigenvalue weighted by molar-refractivity contribution is 5.85.